The van der Waals surface area contributed by atoms with E-state index in [1.165, 1.54) is 50.5 Å². The molecule has 0 bridgehead atoms. The molecule has 24 heavy (non-hydrogen) atoms. The first-order chi connectivity index (χ1) is 11.8. The zero-order valence-electron chi connectivity index (χ0n) is 16.0. The Hall–Kier alpha value is -1.38. The largest absolute Gasteiger partial charge is 0.353 e. The molecule has 1 unspecified atom stereocenters. The zero-order valence-corrected chi connectivity index (χ0v) is 16.0. The van der Waals surface area contributed by atoms with Gasteiger partial charge in [-0.15, -0.1) is 0 Å². The number of allylic oxidation sites excluding steroid dienone is 2. The maximum Gasteiger partial charge on any atom is 0.148 e. The normalized spacial score (nSPS) is 18.0. The fourth-order valence-corrected chi connectivity index (χ4v) is 3.15. The van der Waals surface area contributed by atoms with E-state index in [0.29, 0.717) is 0 Å². The number of unbranched alkanes of at least 4 members (excludes halogenated alkanes) is 6. The molecule has 1 rings (SSSR count). The lowest BCUT2D eigenvalue weighted by atomic mass is 9.88. The van der Waals surface area contributed by atoms with Gasteiger partial charge in [-0.05, 0) is 24.8 Å². The van der Waals surface area contributed by atoms with Gasteiger partial charge in [-0.25, -0.2) is 0 Å². The maximum absolute atomic E-state index is 11.5. The van der Waals surface area contributed by atoms with E-state index in [0.717, 1.165) is 37.8 Å². The molecule has 0 aromatic rings. The number of aldehydes is 1. The lowest BCUT2D eigenvalue weighted by Crippen LogP contribution is -2.23. The molecule has 1 heterocycles. The van der Waals surface area contributed by atoms with Crippen LogP contribution in [-0.2, 0) is 4.79 Å². The van der Waals surface area contributed by atoms with Crippen molar-refractivity contribution in [3.05, 3.63) is 23.5 Å². The van der Waals surface area contributed by atoms with Crippen molar-refractivity contribution in [3.63, 3.8) is 0 Å². The number of hydrogen-bond donors (Lipinski definition) is 0. The van der Waals surface area contributed by atoms with Crippen LogP contribution in [0.15, 0.2) is 28.5 Å². The highest BCUT2D eigenvalue weighted by atomic mass is 16.1. The van der Waals surface area contributed by atoms with Gasteiger partial charge in [0.2, 0.25) is 0 Å². The summed E-state index contributed by atoms with van der Waals surface area (Å²) in [6.07, 6.45) is 18.1. The van der Waals surface area contributed by atoms with Gasteiger partial charge >= 0.3 is 0 Å². The average Bonchev–Trinajstić information content (AvgIpc) is 2.61. The van der Waals surface area contributed by atoms with Gasteiger partial charge in [-0.1, -0.05) is 59.3 Å². The summed E-state index contributed by atoms with van der Waals surface area (Å²) >= 11 is 0. The quantitative estimate of drug-likeness (QED) is 0.252. The summed E-state index contributed by atoms with van der Waals surface area (Å²) in [5.74, 6) is 0.203. The third kappa shape index (κ3) is 7.46. The molecule has 0 aromatic carbocycles. The van der Waals surface area contributed by atoms with Crippen molar-refractivity contribution in [1.29, 1.82) is 0 Å². The van der Waals surface area contributed by atoms with Gasteiger partial charge in [0.05, 0.1) is 0 Å². The monoisotopic (exact) mass is 332 g/mol. The number of aliphatic imine (C=N–C) groups is 1. The number of carbonyl (C=O) groups is 1. The molecule has 0 fully saturated rings. The molecule has 1 aliphatic heterocycles. The Bertz CT molecular complexity index is 437. The van der Waals surface area contributed by atoms with Crippen LogP contribution in [0.25, 0.3) is 0 Å². The Morgan fingerprint density at radius 2 is 1.62 bits per heavy atom. The third-order valence-corrected chi connectivity index (χ3v) is 4.63. The van der Waals surface area contributed by atoms with Gasteiger partial charge in [0, 0.05) is 43.2 Å². The first-order valence-electron chi connectivity index (χ1n) is 9.90. The molecular formula is C21H36N2O. The molecule has 3 nitrogen and oxygen atoms in total. The third-order valence-electron chi connectivity index (χ3n) is 4.63. The van der Waals surface area contributed by atoms with E-state index in [4.69, 9.17) is 0 Å². The Morgan fingerprint density at radius 3 is 2.25 bits per heavy atom. The average molecular weight is 333 g/mol. The van der Waals surface area contributed by atoms with Gasteiger partial charge in [-0.3, -0.25) is 9.79 Å². The number of carbonyl (C=O) groups excluding carboxylic acids is 1. The van der Waals surface area contributed by atoms with Gasteiger partial charge in [0.15, 0.2) is 0 Å². The number of hydrogen-bond acceptors (Lipinski definition) is 3. The summed E-state index contributed by atoms with van der Waals surface area (Å²) in [5.41, 5.74) is 2.08. The predicted molar refractivity (Wildman–Crippen MR) is 104 cm³/mol. The van der Waals surface area contributed by atoms with E-state index >= 15 is 0 Å². The molecule has 0 saturated heterocycles. The molecule has 0 saturated carbocycles. The van der Waals surface area contributed by atoms with Crippen molar-refractivity contribution in [2.75, 3.05) is 13.1 Å². The van der Waals surface area contributed by atoms with Gasteiger partial charge in [-0.2, -0.15) is 0 Å². The highest BCUT2D eigenvalue weighted by Gasteiger charge is 2.21. The Kier molecular flexibility index (Phi) is 11.2. The summed E-state index contributed by atoms with van der Waals surface area (Å²) in [7, 11) is 0. The second-order valence-electron chi connectivity index (χ2n) is 6.73. The Balaban J connectivity index is 2.63. The van der Waals surface area contributed by atoms with Gasteiger partial charge in [0.25, 0.3) is 0 Å². The first-order valence-corrected chi connectivity index (χ1v) is 9.90. The molecule has 0 aliphatic carbocycles. The summed E-state index contributed by atoms with van der Waals surface area (Å²) in [4.78, 5) is 18.3. The maximum atomic E-state index is 11.5. The minimum atomic E-state index is 0.203. The van der Waals surface area contributed by atoms with Crippen LogP contribution in [0, 0.1) is 5.92 Å². The number of rotatable bonds is 13. The van der Waals surface area contributed by atoms with E-state index in [1.54, 1.807) is 0 Å². The fraction of sp³-hybridized carbons (Fsp3) is 0.714. The summed E-state index contributed by atoms with van der Waals surface area (Å²) in [6.45, 7) is 8.48. The van der Waals surface area contributed by atoms with Crippen LogP contribution in [0.3, 0.4) is 0 Å². The van der Waals surface area contributed by atoms with Crippen molar-refractivity contribution in [2.24, 2.45) is 10.9 Å². The van der Waals surface area contributed by atoms with Crippen LogP contribution in [0.5, 0.6) is 0 Å². The first kappa shape index (κ1) is 20.7. The summed E-state index contributed by atoms with van der Waals surface area (Å²) in [5, 5.41) is 0. The van der Waals surface area contributed by atoms with Crippen LogP contribution in [0.2, 0.25) is 0 Å². The standard InChI is InChI=1S/C21H36N2O/c1-4-7-9-11-13-22-15-19-16-23(14-12-10-8-5-2)17-20(18-24)21(19)6-3/h15-18,21H,4-14H2,1-3H3. The highest BCUT2D eigenvalue weighted by molar-refractivity contribution is 5.85. The van der Waals surface area contributed by atoms with Crippen LogP contribution >= 0.6 is 0 Å². The van der Waals surface area contributed by atoms with Crippen LogP contribution in [0.4, 0.5) is 0 Å². The Morgan fingerprint density at radius 1 is 0.958 bits per heavy atom. The molecule has 0 aromatic heterocycles. The predicted octanol–water partition coefficient (Wildman–Crippen LogP) is 5.53. The van der Waals surface area contributed by atoms with Crippen molar-refractivity contribution in [2.45, 2.75) is 78.6 Å². The molecule has 0 spiro atoms. The molecule has 1 atom stereocenters. The van der Waals surface area contributed by atoms with Crippen molar-refractivity contribution < 1.29 is 4.79 Å². The summed E-state index contributed by atoms with van der Waals surface area (Å²) < 4.78 is 0. The van der Waals surface area contributed by atoms with Crippen LogP contribution in [-0.4, -0.2) is 30.5 Å². The molecule has 0 N–H and O–H groups in total. The smallest absolute Gasteiger partial charge is 0.148 e. The van der Waals surface area contributed by atoms with Crippen molar-refractivity contribution >= 4 is 12.5 Å². The van der Waals surface area contributed by atoms with Crippen molar-refractivity contribution in [3.8, 4) is 0 Å². The second-order valence-corrected chi connectivity index (χ2v) is 6.73. The van der Waals surface area contributed by atoms with E-state index in [9.17, 15) is 4.79 Å². The minimum absolute atomic E-state index is 0.203. The molecule has 3 heteroatoms. The molecule has 0 radical (unpaired) electrons. The van der Waals surface area contributed by atoms with Crippen LogP contribution < -0.4 is 0 Å². The minimum Gasteiger partial charge on any atom is -0.353 e. The van der Waals surface area contributed by atoms with Crippen LogP contribution in [0.1, 0.15) is 78.6 Å². The van der Waals surface area contributed by atoms with Gasteiger partial charge in [0.1, 0.15) is 6.29 Å². The topological polar surface area (TPSA) is 32.7 Å². The number of nitrogens with zero attached hydrogens (tertiary/aromatic N) is 2. The van der Waals surface area contributed by atoms with Gasteiger partial charge < -0.3 is 4.90 Å². The lowest BCUT2D eigenvalue weighted by Gasteiger charge is -2.28. The highest BCUT2D eigenvalue weighted by Crippen LogP contribution is 2.27. The molecule has 1 aliphatic rings. The van der Waals surface area contributed by atoms with E-state index in [-0.39, 0.29) is 5.92 Å². The molecule has 0 amide bonds. The van der Waals surface area contributed by atoms with E-state index < -0.39 is 0 Å². The Labute approximate surface area is 148 Å². The second kappa shape index (κ2) is 13.0. The zero-order chi connectivity index (χ0) is 17.6. The molecule has 136 valence electrons. The fourth-order valence-electron chi connectivity index (χ4n) is 3.15. The van der Waals surface area contributed by atoms with E-state index in [2.05, 4.69) is 36.9 Å². The van der Waals surface area contributed by atoms with E-state index in [1.807, 2.05) is 12.4 Å². The molecular weight excluding hydrogens is 296 g/mol. The SMILES string of the molecule is CCCCCCN=CC1=CN(CCCCCC)C=C(C=O)C1CC. The summed E-state index contributed by atoms with van der Waals surface area (Å²) in [6, 6.07) is 0. The lowest BCUT2D eigenvalue weighted by molar-refractivity contribution is -0.105. The van der Waals surface area contributed by atoms with Crippen molar-refractivity contribution in [1.82, 2.24) is 4.90 Å².